The molecule has 16 heavy (non-hydrogen) atoms. The maximum atomic E-state index is 11.8. The largest absolute Gasteiger partial charge is 0.316 e. The number of nitrogens with one attached hydrogen (secondary N) is 1. The molecule has 0 aliphatic carbocycles. The maximum absolute atomic E-state index is 11.8. The fraction of sp³-hybridized carbons (Fsp3) is 0.909. The van der Waals surface area contributed by atoms with E-state index in [1.807, 2.05) is 0 Å². The van der Waals surface area contributed by atoms with E-state index in [9.17, 15) is 13.2 Å². The van der Waals surface area contributed by atoms with Gasteiger partial charge in [0.15, 0.2) is 9.84 Å². The van der Waals surface area contributed by atoms with Gasteiger partial charge in [-0.3, -0.25) is 4.79 Å². The van der Waals surface area contributed by atoms with Crippen molar-refractivity contribution in [2.75, 3.05) is 18.8 Å². The van der Waals surface area contributed by atoms with Crippen LogP contribution in [0.2, 0.25) is 0 Å². The average molecular weight is 247 g/mol. The van der Waals surface area contributed by atoms with Gasteiger partial charge in [-0.15, -0.1) is 0 Å². The van der Waals surface area contributed by atoms with Crippen molar-refractivity contribution < 1.29 is 13.2 Å². The molecule has 1 N–H and O–H groups in total. The van der Waals surface area contributed by atoms with Crippen molar-refractivity contribution in [2.24, 2.45) is 5.92 Å². The van der Waals surface area contributed by atoms with Gasteiger partial charge in [-0.25, -0.2) is 8.42 Å². The van der Waals surface area contributed by atoms with Crippen LogP contribution in [0.5, 0.6) is 0 Å². The van der Waals surface area contributed by atoms with E-state index in [0.29, 0.717) is 6.54 Å². The average Bonchev–Trinajstić information content (AvgIpc) is 2.27. The molecule has 0 aromatic rings. The van der Waals surface area contributed by atoms with Crippen molar-refractivity contribution in [2.45, 2.75) is 38.4 Å². The highest BCUT2D eigenvalue weighted by Crippen LogP contribution is 2.14. The summed E-state index contributed by atoms with van der Waals surface area (Å²) in [6.07, 6.45) is 2.08. The van der Waals surface area contributed by atoms with Crippen LogP contribution in [0.25, 0.3) is 0 Å². The summed E-state index contributed by atoms with van der Waals surface area (Å²) in [7, 11) is -3.07. The Labute approximate surface area is 97.7 Å². The van der Waals surface area contributed by atoms with E-state index in [-0.39, 0.29) is 29.1 Å². The SMILES string of the molecule is CC(C)S(=O)(=O)CCC(=O)C1CCCNC1. The molecule has 0 saturated carbocycles. The van der Waals surface area contributed by atoms with Gasteiger partial charge in [0.05, 0.1) is 11.0 Å². The van der Waals surface area contributed by atoms with Crippen molar-refractivity contribution in [1.29, 1.82) is 0 Å². The van der Waals surface area contributed by atoms with Gasteiger partial charge < -0.3 is 5.32 Å². The third-order valence-electron chi connectivity index (χ3n) is 3.10. The third-order valence-corrected chi connectivity index (χ3v) is 5.31. The lowest BCUT2D eigenvalue weighted by Gasteiger charge is -2.21. The monoisotopic (exact) mass is 247 g/mol. The van der Waals surface area contributed by atoms with E-state index < -0.39 is 9.84 Å². The number of carbonyl (C=O) groups excluding carboxylic acids is 1. The zero-order valence-corrected chi connectivity index (χ0v) is 10.8. The number of ketones is 1. The number of hydrogen-bond donors (Lipinski definition) is 1. The minimum atomic E-state index is -3.07. The highest BCUT2D eigenvalue weighted by molar-refractivity contribution is 7.91. The zero-order valence-electron chi connectivity index (χ0n) is 10.0. The predicted octanol–water partition coefficient (Wildman–Crippen LogP) is 0.768. The summed E-state index contributed by atoms with van der Waals surface area (Å²) < 4.78 is 23.1. The minimum Gasteiger partial charge on any atom is -0.316 e. The lowest BCUT2D eigenvalue weighted by Crippen LogP contribution is -2.35. The Morgan fingerprint density at radius 1 is 1.44 bits per heavy atom. The molecular weight excluding hydrogens is 226 g/mol. The molecule has 0 amide bonds. The van der Waals surface area contributed by atoms with Crippen LogP contribution in [0.4, 0.5) is 0 Å². The molecule has 0 spiro atoms. The highest BCUT2D eigenvalue weighted by Gasteiger charge is 2.23. The van der Waals surface area contributed by atoms with Crippen LogP contribution >= 0.6 is 0 Å². The maximum Gasteiger partial charge on any atom is 0.153 e. The van der Waals surface area contributed by atoms with Crippen molar-refractivity contribution in [3.8, 4) is 0 Å². The number of sulfone groups is 1. The molecule has 4 nitrogen and oxygen atoms in total. The van der Waals surface area contributed by atoms with Crippen molar-refractivity contribution in [3.63, 3.8) is 0 Å². The molecule has 1 aliphatic heterocycles. The molecule has 1 atom stereocenters. The molecule has 0 aromatic heterocycles. The van der Waals surface area contributed by atoms with Crippen LogP contribution in [-0.4, -0.2) is 38.3 Å². The minimum absolute atomic E-state index is 0. The van der Waals surface area contributed by atoms with Gasteiger partial charge in [0, 0.05) is 18.9 Å². The van der Waals surface area contributed by atoms with Crippen molar-refractivity contribution in [1.82, 2.24) is 5.32 Å². The Balaban J connectivity index is 2.40. The molecule has 1 saturated heterocycles. The third kappa shape index (κ3) is 3.87. The first-order valence-electron chi connectivity index (χ1n) is 5.88. The lowest BCUT2D eigenvalue weighted by molar-refractivity contribution is -0.122. The second-order valence-electron chi connectivity index (χ2n) is 4.68. The standard InChI is InChI=1S/C11H21NO3S/c1-9(2)16(14,15)7-5-11(13)10-4-3-6-12-8-10/h9-10,12H,3-8H2,1-2H3. The summed E-state index contributed by atoms with van der Waals surface area (Å²) in [4.78, 5) is 11.8. The van der Waals surface area contributed by atoms with Gasteiger partial charge in [-0.1, -0.05) is 0 Å². The van der Waals surface area contributed by atoms with Crippen LogP contribution in [0.1, 0.15) is 33.1 Å². The Morgan fingerprint density at radius 3 is 2.62 bits per heavy atom. The van der Waals surface area contributed by atoms with Crippen LogP contribution < -0.4 is 5.32 Å². The van der Waals surface area contributed by atoms with Gasteiger partial charge in [0.25, 0.3) is 0 Å². The van der Waals surface area contributed by atoms with Crippen LogP contribution in [-0.2, 0) is 14.6 Å². The lowest BCUT2D eigenvalue weighted by atomic mass is 9.94. The first-order chi connectivity index (χ1) is 7.43. The van der Waals surface area contributed by atoms with Crippen molar-refractivity contribution in [3.05, 3.63) is 0 Å². The molecule has 0 bridgehead atoms. The van der Waals surface area contributed by atoms with E-state index in [2.05, 4.69) is 5.32 Å². The fourth-order valence-electron chi connectivity index (χ4n) is 1.81. The normalized spacial score (nSPS) is 22.3. The first kappa shape index (κ1) is 13.6. The number of Topliss-reactive ketones (excluding diaryl/α,β-unsaturated/α-hetero) is 1. The zero-order chi connectivity index (χ0) is 12.2. The molecule has 1 fully saturated rings. The van der Waals surface area contributed by atoms with Crippen LogP contribution in [0.15, 0.2) is 0 Å². The summed E-state index contributed by atoms with van der Waals surface area (Å²) in [5.41, 5.74) is 0. The molecule has 5 heteroatoms. The Bertz CT molecular complexity index is 329. The van der Waals surface area contributed by atoms with Gasteiger partial charge >= 0.3 is 0 Å². The van der Waals surface area contributed by atoms with Crippen LogP contribution in [0, 0.1) is 5.92 Å². The molecule has 94 valence electrons. The quantitative estimate of drug-likeness (QED) is 0.779. The fourth-order valence-corrected chi connectivity index (χ4v) is 2.77. The molecule has 1 unspecified atom stereocenters. The topological polar surface area (TPSA) is 63.2 Å². The molecule has 1 aliphatic rings. The Hall–Kier alpha value is -0.420. The van der Waals surface area contributed by atoms with E-state index in [1.165, 1.54) is 0 Å². The second-order valence-corrected chi connectivity index (χ2v) is 7.35. The van der Waals surface area contributed by atoms with E-state index >= 15 is 0 Å². The highest BCUT2D eigenvalue weighted by atomic mass is 32.2. The molecule has 1 rings (SSSR count). The van der Waals surface area contributed by atoms with Crippen molar-refractivity contribution >= 4 is 15.6 Å². The van der Waals surface area contributed by atoms with E-state index in [0.717, 1.165) is 19.4 Å². The van der Waals surface area contributed by atoms with E-state index in [1.54, 1.807) is 13.8 Å². The van der Waals surface area contributed by atoms with Crippen LogP contribution in [0.3, 0.4) is 0 Å². The van der Waals surface area contributed by atoms with Gasteiger partial charge in [-0.05, 0) is 33.2 Å². The summed E-state index contributed by atoms with van der Waals surface area (Å²) in [6.45, 7) is 4.98. The summed E-state index contributed by atoms with van der Waals surface area (Å²) >= 11 is 0. The summed E-state index contributed by atoms with van der Waals surface area (Å²) in [5, 5.41) is 2.78. The number of carbonyl (C=O) groups is 1. The smallest absolute Gasteiger partial charge is 0.153 e. The predicted molar refractivity (Wildman–Crippen MR) is 64.1 cm³/mol. The van der Waals surface area contributed by atoms with E-state index in [4.69, 9.17) is 0 Å². The number of rotatable bonds is 5. The van der Waals surface area contributed by atoms with Gasteiger partial charge in [-0.2, -0.15) is 0 Å². The first-order valence-corrected chi connectivity index (χ1v) is 7.60. The van der Waals surface area contributed by atoms with Gasteiger partial charge in [0.1, 0.15) is 5.78 Å². The molecule has 0 radical (unpaired) electrons. The summed E-state index contributed by atoms with van der Waals surface area (Å²) in [5.74, 6) is 0.118. The summed E-state index contributed by atoms with van der Waals surface area (Å²) in [6, 6.07) is 0. The molecule has 1 heterocycles. The number of hydrogen-bond acceptors (Lipinski definition) is 4. The Morgan fingerprint density at radius 2 is 2.12 bits per heavy atom. The second kappa shape index (κ2) is 5.77. The molecule has 0 aromatic carbocycles. The number of piperidine rings is 1. The molecular formula is C11H21NO3S. The Kier molecular flexibility index (Phi) is 4.92. The van der Waals surface area contributed by atoms with Gasteiger partial charge in [0.2, 0.25) is 0 Å².